The third-order valence-electron chi connectivity index (χ3n) is 5.84. The number of nitrogens with one attached hydrogen (secondary N) is 1. The smallest absolute Gasteiger partial charge is 0.274 e. The van der Waals surface area contributed by atoms with E-state index in [0.29, 0.717) is 35.2 Å². The Bertz CT molecular complexity index is 1320. The number of carbonyl (C=O) groups is 1. The molecule has 3 aromatic heterocycles. The Balaban J connectivity index is 1.38. The number of carbonyl (C=O) groups excluding carboxylic acids is 1. The first kappa shape index (κ1) is 20.1. The maximum Gasteiger partial charge on any atom is 0.274 e. The zero-order chi connectivity index (χ0) is 22.1. The van der Waals surface area contributed by atoms with Crippen LogP contribution in [0.1, 0.15) is 47.1 Å². The van der Waals surface area contributed by atoms with Gasteiger partial charge in [-0.3, -0.25) is 9.20 Å². The monoisotopic (exact) mass is 429 g/mol. The summed E-state index contributed by atoms with van der Waals surface area (Å²) in [7, 11) is 0. The Labute approximate surface area is 184 Å². The van der Waals surface area contributed by atoms with Crippen molar-refractivity contribution in [3.8, 4) is 11.4 Å². The summed E-state index contributed by atoms with van der Waals surface area (Å²) < 4.78 is 7.28. The number of aromatic nitrogens is 4. The number of nitrogens with zero attached hydrogens (tertiary/aromatic N) is 4. The summed E-state index contributed by atoms with van der Waals surface area (Å²) in [6.45, 7) is 2.07. The van der Waals surface area contributed by atoms with E-state index < -0.39 is 0 Å². The Morgan fingerprint density at radius 1 is 1.34 bits per heavy atom. The number of aliphatic hydroxyl groups excluding tert-OH is 1. The summed E-state index contributed by atoms with van der Waals surface area (Å²) in [6, 6.07) is 11.3. The molecule has 4 aromatic rings. The number of aliphatic hydroxyl groups is 1. The molecule has 8 nitrogen and oxygen atoms in total. The van der Waals surface area contributed by atoms with E-state index >= 15 is 0 Å². The lowest BCUT2D eigenvalue weighted by atomic mass is 9.78. The van der Waals surface area contributed by atoms with E-state index in [0.717, 1.165) is 24.0 Å². The Kier molecular flexibility index (Phi) is 5.28. The van der Waals surface area contributed by atoms with E-state index in [1.807, 2.05) is 49.5 Å². The van der Waals surface area contributed by atoms with Crippen molar-refractivity contribution in [1.29, 1.82) is 0 Å². The van der Waals surface area contributed by atoms with E-state index in [1.165, 1.54) is 5.57 Å². The highest BCUT2D eigenvalue weighted by Crippen LogP contribution is 2.42. The molecule has 1 aliphatic carbocycles. The fourth-order valence-electron chi connectivity index (χ4n) is 3.91. The highest BCUT2D eigenvalue weighted by atomic mass is 16.5. The number of pyridine rings is 1. The minimum absolute atomic E-state index is 0.127. The van der Waals surface area contributed by atoms with Crippen LogP contribution in [0.25, 0.3) is 17.0 Å². The third-order valence-corrected chi connectivity index (χ3v) is 5.84. The molecule has 3 heterocycles. The zero-order valence-corrected chi connectivity index (χ0v) is 17.7. The number of rotatable bonds is 6. The average molecular weight is 429 g/mol. The molecule has 0 aliphatic heterocycles. The number of imidazole rings is 1. The molecule has 162 valence electrons. The van der Waals surface area contributed by atoms with Gasteiger partial charge < -0.3 is 14.9 Å². The van der Waals surface area contributed by atoms with E-state index in [9.17, 15) is 4.79 Å². The van der Waals surface area contributed by atoms with Gasteiger partial charge in [0.2, 0.25) is 11.7 Å². The van der Waals surface area contributed by atoms with Crippen LogP contribution < -0.4 is 5.32 Å². The number of amides is 1. The standard InChI is InChI=1S/C24H23N5O3/c1-15-7-8-17(22-27-24(32-28-22)18-10-9-16(18)5-4-12-30)13-19(15)26-23(31)20-14-25-21-6-2-3-11-29(20)21/h2-3,5-8,11,13-14,18,30H,4,9-10,12H2,1H3,(H,26,31)/b16-5+. The second kappa shape index (κ2) is 8.39. The van der Waals surface area contributed by atoms with Crippen LogP contribution in [0.2, 0.25) is 0 Å². The van der Waals surface area contributed by atoms with Gasteiger partial charge >= 0.3 is 0 Å². The highest BCUT2D eigenvalue weighted by molar-refractivity contribution is 6.04. The molecule has 1 aromatic carbocycles. The number of benzene rings is 1. The molecule has 0 radical (unpaired) electrons. The third kappa shape index (κ3) is 3.69. The van der Waals surface area contributed by atoms with Crippen LogP contribution in [0.15, 0.2) is 65.0 Å². The van der Waals surface area contributed by atoms with Crippen LogP contribution in [0, 0.1) is 6.92 Å². The predicted molar refractivity (Wildman–Crippen MR) is 119 cm³/mol. The molecule has 1 unspecified atom stereocenters. The fourth-order valence-corrected chi connectivity index (χ4v) is 3.91. The van der Waals surface area contributed by atoms with Crippen LogP contribution in [-0.2, 0) is 0 Å². The van der Waals surface area contributed by atoms with Crippen molar-refractivity contribution in [3.63, 3.8) is 0 Å². The molecule has 2 N–H and O–H groups in total. The molecule has 1 aliphatic rings. The number of hydrogen-bond donors (Lipinski definition) is 2. The lowest BCUT2D eigenvalue weighted by molar-refractivity contribution is 0.102. The van der Waals surface area contributed by atoms with Gasteiger partial charge in [-0.1, -0.05) is 35.0 Å². The van der Waals surface area contributed by atoms with Crippen LogP contribution in [0.4, 0.5) is 5.69 Å². The largest absolute Gasteiger partial charge is 0.396 e. The second-order valence-corrected chi connectivity index (χ2v) is 7.89. The Morgan fingerprint density at radius 2 is 2.25 bits per heavy atom. The van der Waals surface area contributed by atoms with Crippen molar-refractivity contribution >= 4 is 17.2 Å². The SMILES string of the molecule is Cc1ccc(-c2noc(C3CC/C3=C\CCO)n2)cc1NC(=O)c1cnc2ccccn12. The van der Waals surface area contributed by atoms with Crippen LogP contribution in [0.3, 0.4) is 0 Å². The van der Waals surface area contributed by atoms with Crippen molar-refractivity contribution in [1.82, 2.24) is 19.5 Å². The number of aryl methyl sites for hydroxylation is 1. The maximum absolute atomic E-state index is 12.9. The first-order chi connectivity index (χ1) is 15.6. The lowest BCUT2D eigenvalue weighted by Gasteiger charge is -2.26. The summed E-state index contributed by atoms with van der Waals surface area (Å²) in [6.07, 6.45) is 8.03. The molecular weight excluding hydrogens is 406 g/mol. The number of fused-ring (bicyclic) bond motifs is 1. The minimum Gasteiger partial charge on any atom is -0.396 e. The molecule has 1 amide bonds. The molecule has 0 saturated heterocycles. The summed E-state index contributed by atoms with van der Waals surface area (Å²) in [5.41, 5.74) is 4.77. The molecule has 32 heavy (non-hydrogen) atoms. The van der Waals surface area contributed by atoms with Crippen molar-refractivity contribution in [3.05, 3.63) is 77.6 Å². The van der Waals surface area contributed by atoms with Crippen molar-refractivity contribution < 1.29 is 14.4 Å². The molecule has 1 saturated carbocycles. The van der Waals surface area contributed by atoms with Gasteiger partial charge in [0.25, 0.3) is 5.91 Å². The first-order valence-electron chi connectivity index (χ1n) is 10.6. The number of anilines is 1. The lowest BCUT2D eigenvalue weighted by Crippen LogP contribution is -2.15. The van der Waals surface area contributed by atoms with Gasteiger partial charge in [-0.05, 0) is 49.9 Å². The van der Waals surface area contributed by atoms with Gasteiger partial charge in [0.1, 0.15) is 11.3 Å². The summed E-state index contributed by atoms with van der Waals surface area (Å²) >= 11 is 0. The molecular formula is C24H23N5O3. The summed E-state index contributed by atoms with van der Waals surface area (Å²) in [5.74, 6) is 0.958. The van der Waals surface area contributed by atoms with Gasteiger partial charge in [-0.15, -0.1) is 0 Å². The van der Waals surface area contributed by atoms with E-state index in [-0.39, 0.29) is 18.4 Å². The fraction of sp³-hybridized carbons (Fsp3) is 0.250. The normalized spacial score (nSPS) is 16.9. The van der Waals surface area contributed by atoms with Gasteiger partial charge in [-0.25, -0.2) is 4.98 Å². The van der Waals surface area contributed by atoms with Crippen molar-refractivity contribution in [2.75, 3.05) is 11.9 Å². The molecule has 5 rings (SSSR count). The Hall–Kier alpha value is -3.78. The summed E-state index contributed by atoms with van der Waals surface area (Å²) in [5, 5.41) is 16.2. The molecule has 0 spiro atoms. The average Bonchev–Trinajstić information content (AvgIpc) is 3.42. The molecule has 0 bridgehead atoms. The molecule has 1 fully saturated rings. The van der Waals surface area contributed by atoms with Crippen LogP contribution >= 0.6 is 0 Å². The number of hydrogen-bond acceptors (Lipinski definition) is 6. The first-order valence-corrected chi connectivity index (χ1v) is 10.6. The van der Waals surface area contributed by atoms with E-state index in [4.69, 9.17) is 9.63 Å². The van der Waals surface area contributed by atoms with Gasteiger partial charge in [0.05, 0.1) is 12.1 Å². The molecule has 1 atom stereocenters. The predicted octanol–water partition coefficient (Wildman–Crippen LogP) is 4.13. The van der Waals surface area contributed by atoms with Crippen molar-refractivity contribution in [2.45, 2.75) is 32.1 Å². The minimum atomic E-state index is -0.245. The van der Waals surface area contributed by atoms with Gasteiger partial charge in [0.15, 0.2) is 0 Å². The Morgan fingerprint density at radius 3 is 3.06 bits per heavy atom. The highest BCUT2D eigenvalue weighted by Gasteiger charge is 2.30. The number of allylic oxidation sites excluding steroid dienone is 1. The van der Waals surface area contributed by atoms with Crippen LogP contribution in [0.5, 0.6) is 0 Å². The summed E-state index contributed by atoms with van der Waals surface area (Å²) in [4.78, 5) is 21.8. The quantitative estimate of drug-likeness (QED) is 0.447. The van der Waals surface area contributed by atoms with Gasteiger partial charge in [-0.2, -0.15) is 4.98 Å². The van der Waals surface area contributed by atoms with Gasteiger partial charge in [0, 0.05) is 24.1 Å². The maximum atomic E-state index is 12.9. The van der Waals surface area contributed by atoms with Crippen molar-refractivity contribution in [2.24, 2.45) is 0 Å². The van der Waals surface area contributed by atoms with E-state index in [2.05, 4.69) is 26.5 Å². The van der Waals surface area contributed by atoms with E-state index in [1.54, 1.807) is 10.6 Å². The topological polar surface area (TPSA) is 106 Å². The van der Waals surface area contributed by atoms with Crippen LogP contribution in [-0.4, -0.2) is 37.1 Å². The molecule has 8 heteroatoms. The second-order valence-electron chi connectivity index (χ2n) is 7.89. The zero-order valence-electron chi connectivity index (χ0n) is 17.7.